The summed E-state index contributed by atoms with van der Waals surface area (Å²) in [4.78, 5) is 13.7. The SMILES string of the molecule is CN(C1CCSCC1)C1(CC(=O)O)CCCCC1. The standard InChI is InChI=1S/C14H25NO2S/c1-15(12-5-9-18-10-6-12)14(11-13(16)17)7-3-2-4-8-14/h12H,2-11H2,1H3,(H,16,17). The van der Waals surface area contributed by atoms with Crippen LogP contribution in [0.2, 0.25) is 0 Å². The van der Waals surface area contributed by atoms with E-state index in [1.807, 2.05) is 11.8 Å². The molecule has 0 atom stereocenters. The first-order valence-electron chi connectivity index (χ1n) is 7.16. The fraction of sp³-hybridized carbons (Fsp3) is 0.929. The molecule has 0 spiro atoms. The number of thioether (sulfide) groups is 1. The van der Waals surface area contributed by atoms with Gasteiger partial charge in [0.25, 0.3) is 0 Å². The lowest BCUT2D eigenvalue weighted by Crippen LogP contribution is -2.54. The monoisotopic (exact) mass is 271 g/mol. The van der Waals surface area contributed by atoms with E-state index in [9.17, 15) is 9.90 Å². The van der Waals surface area contributed by atoms with Crippen molar-refractivity contribution in [3.8, 4) is 0 Å². The maximum atomic E-state index is 11.2. The summed E-state index contributed by atoms with van der Waals surface area (Å²) in [7, 11) is 2.18. The van der Waals surface area contributed by atoms with Crippen LogP contribution in [0.3, 0.4) is 0 Å². The molecule has 0 bridgehead atoms. The van der Waals surface area contributed by atoms with Crippen molar-refractivity contribution in [3.63, 3.8) is 0 Å². The summed E-state index contributed by atoms with van der Waals surface area (Å²) in [5.41, 5.74) is -0.0588. The van der Waals surface area contributed by atoms with Crippen molar-refractivity contribution in [1.82, 2.24) is 4.90 Å². The lowest BCUT2D eigenvalue weighted by Gasteiger charge is -2.48. The van der Waals surface area contributed by atoms with Gasteiger partial charge in [-0.25, -0.2) is 0 Å². The Morgan fingerprint density at radius 1 is 1.28 bits per heavy atom. The van der Waals surface area contributed by atoms with E-state index in [4.69, 9.17) is 0 Å². The lowest BCUT2D eigenvalue weighted by molar-refractivity contribution is -0.141. The van der Waals surface area contributed by atoms with Gasteiger partial charge in [0.2, 0.25) is 0 Å². The van der Waals surface area contributed by atoms with E-state index in [2.05, 4.69) is 11.9 Å². The topological polar surface area (TPSA) is 40.5 Å². The normalized spacial score (nSPS) is 25.2. The van der Waals surface area contributed by atoms with E-state index in [1.54, 1.807) is 0 Å². The summed E-state index contributed by atoms with van der Waals surface area (Å²) in [6.45, 7) is 0. The second-order valence-electron chi connectivity index (χ2n) is 5.81. The summed E-state index contributed by atoms with van der Waals surface area (Å²) < 4.78 is 0. The Labute approximate surface area is 114 Å². The van der Waals surface area contributed by atoms with Crippen molar-refractivity contribution in [2.75, 3.05) is 18.6 Å². The number of hydrogen-bond acceptors (Lipinski definition) is 3. The molecule has 0 amide bonds. The Kier molecular flexibility index (Phi) is 4.96. The summed E-state index contributed by atoms with van der Waals surface area (Å²) in [6.07, 6.45) is 8.57. The Morgan fingerprint density at radius 3 is 2.44 bits per heavy atom. The van der Waals surface area contributed by atoms with Gasteiger partial charge in [0.05, 0.1) is 6.42 Å². The Bertz CT molecular complexity index is 284. The van der Waals surface area contributed by atoms with Gasteiger partial charge in [0.1, 0.15) is 0 Å². The van der Waals surface area contributed by atoms with Crippen molar-refractivity contribution in [2.45, 2.75) is 62.9 Å². The number of carboxylic acid groups (broad SMARTS) is 1. The van der Waals surface area contributed by atoms with Gasteiger partial charge in [-0.2, -0.15) is 11.8 Å². The maximum absolute atomic E-state index is 11.2. The molecule has 1 aliphatic carbocycles. The summed E-state index contributed by atoms with van der Waals surface area (Å²) in [6, 6.07) is 0.601. The maximum Gasteiger partial charge on any atom is 0.305 e. The third-order valence-electron chi connectivity index (χ3n) is 4.75. The van der Waals surface area contributed by atoms with Crippen LogP contribution in [-0.4, -0.2) is 46.1 Å². The average molecular weight is 271 g/mol. The third kappa shape index (κ3) is 3.21. The fourth-order valence-corrected chi connectivity index (χ4v) is 4.69. The van der Waals surface area contributed by atoms with Gasteiger partial charge in [-0.05, 0) is 44.2 Å². The van der Waals surface area contributed by atoms with Gasteiger partial charge in [0, 0.05) is 11.6 Å². The highest BCUT2D eigenvalue weighted by Crippen LogP contribution is 2.39. The minimum absolute atomic E-state index is 0.0588. The molecule has 18 heavy (non-hydrogen) atoms. The molecule has 2 rings (SSSR count). The van der Waals surface area contributed by atoms with Gasteiger partial charge >= 0.3 is 5.97 Å². The second-order valence-corrected chi connectivity index (χ2v) is 7.03. The minimum atomic E-state index is -0.631. The molecule has 104 valence electrons. The van der Waals surface area contributed by atoms with E-state index < -0.39 is 5.97 Å². The van der Waals surface area contributed by atoms with Crippen molar-refractivity contribution < 1.29 is 9.90 Å². The first-order chi connectivity index (χ1) is 8.64. The highest BCUT2D eigenvalue weighted by Gasteiger charge is 2.41. The fourth-order valence-electron chi connectivity index (χ4n) is 3.61. The number of carbonyl (C=O) groups is 1. The van der Waals surface area contributed by atoms with Crippen LogP contribution in [-0.2, 0) is 4.79 Å². The smallest absolute Gasteiger partial charge is 0.305 e. The van der Waals surface area contributed by atoms with Gasteiger partial charge in [-0.15, -0.1) is 0 Å². The molecule has 1 heterocycles. The van der Waals surface area contributed by atoms with Crippen LogP contribution in [0.15, 0.2) is 0 Å². The van der Waals surface area contributed by atoms with Crippen LogP contribution >= 0.6 is 11.8 Å². The van der Waals surface area contributed by atoms with Crippen LogP contribution in [0.25, 0.3) is 0 Å². The summed E-state index contributed by atoms with van der Waals surface area (Å²) in [5.74, 6) is 1.84. The molecule has 0 unspecified atom stereocenters. The van der Waals surface area contributed by atoms with Gasteiger partial charge < -0.3 is 5.11 Å². The van der Waals surface area contributed by atoms with E-state index in [0.717, 1.165) is 12.8 Å². The lowest BCUT2D eigenvalue weighted by atomic mass is 9.77. The average Bonchev–Trinajstić information content (AvgIpc) is 2.39. The van der Waals surface area contributed by atoms with Crippen LogP contribution in [0.5, 0.6) is 0 Å². The zero-order chi connectivity index (χ0) is 13.0. The third-order valence-corrected chi connectivity index (χ3v) is 5.80. The molecule has 0 radical (unpaired) electrons. The van der Waals surface area contributed by atoms with Crippen LogP contribution < -0.4 is 0 Å². The number of nitrogens with zero attached hydrogens (tertiary/aromatic N) is 1. The highest BCUT2D eigenvalue weighted by molar-refractivity contribution is 7.99. The van der Waals surface area contributed by atoms with E-state index in [0.29, 0.717) is 12.5 Å². The number of hydrogen-bond donors (Lipinski definition) is 1. The van der Waals surface area contributed by atoms with Crippen molar-refractivity contribution in [3.05, 3.63) is 0 Å². The van der Waals surface area contributed by atoms with E-state index in [1.165, 1.54) is 43.6 Å². The summed E-state index contributed by atoms with van der Waals surface area (Å²) >= 11 is 2.03. The molecule has 3 nitrogen and oxygen atoms in total. The molecule has 0 aromatic heterocycles. The zero-order valence-electron chi connectivity index (χ0n) is 11.4. The molecule has 1 N–H and O–H groups in total. The van der Waals surface area contributed by atoms with Crippen LogP contribution in [0.4, 0.5) is 0 Å². The molecule has 0 aromatic rings. The van der Waals surface area contributed by atoms with E-state index in [-0.39, 0.29) is 5.54 Å². The van der Waals surface area contributed by atoms with Crippen molar-refractivity contribution in [1.29, 1.82) is 0 Å². The van der Waals surface area contributed by atoms with Crippen molar-refractivity contribution >= 4 is 17.7 Å². The molecule has 0 aromatic carbocycles. The molecule has 2 fully saturated rings. The quantitative estimate of drug-likeness (QED) is 0.853. The van der Waals surface area contributed by atoms with Gasteiger partial charge in [0.15, 0.2) is 0 Å². The van der Waals surface area contributed by atoms with E-state index >= 15 is 0 Å². The zero-order valence-corrected chi connectivity index (χ0v) is 12.2. The number of rotatable bonds is 4. The first kappa shape index (κ1) is 14.2. The van der Waals surface area contributed by atoms with Crippen molar-refractivity contribution in [2.24, 2.45) is 0 Å². The Hall–Kier alpha value is -0.220. The number of carboxylic acids is 1. The molecule has 1 aliphatic heterocycles. The second kappa shape index (κ2) is 6.29. The Morgan fingerprint density at radius 2 is 1.89 bits per heavy atom. The molecule has 1 saturated carbocycles. The first-order valence-corrected chi connectivity index (χ1v) is 8.32. The largest absolute Gasteiger partial charge is 0.481 e. The predicted octanol–water partition coefficient (Wildman–Crippen LogP) is 2.99. The van der Waals surface area contributed by atoms with Crippen LogP contribution in [0.1, 0.15) is 51.4 Å². The minimum Gasteiger partial charge on any atom is -0.481 e. The molecule has 4 heteroatoms. The highest BCUT2D eigenvalue weighted by atomic mass is 32.2. The summed E-state index contributed by atoms with van der Waals surface area (Å²) in [5, 5.41) is 9.25. The molecular formula is C14H25NO2S. The molecule has 2 aliphatic rings. The van der Waals surface area contributed by atoms with Gasteiger partial charge in [-0.3, -0.25) is 9.69 Å². The van der Waals surface area contributed by atoms with Crippen LogP contribution in [0, 0.1) is 0 Å². The number of aliphatic carboxylic acids is 1. The molecule has 1 saturated heterocycles. The molecular weight excluding hydrogens is 246 g/mol. The predicted molar refractivity (Wildman–Crippen MR) is 76.2 cm³/mol. The van der Waals surface area contributed by atoms with Gasteiger partial charge in [-0.1, -0.05) is 19.3 Å². The Balaban J connectivity index is 2.08.